The number of anilines is 1. The fourth-order valence-electron chi connectivity index (χ4n) is 0.741. The van der Waals surface area contributed by atoms with Gasteiger partial charge in [0.2, 0.25) is 0 Å². The predicted molar refractivity (Wildman–Crippen MR) is 51.6 cm³/mol. The molecule has 0 aliphatic heterocycles. The molecule has 0 spiro atoms. The summed E-state index contributed by atoms with van der Waals surface area (Å²) in [5, 5.41) is 0. The molecule has 0 heterocycles. The van der Waals surface area contributed by atoms with Gasteiger partial charge in [0.25, 0.3) is 9.05 Å². The minimum absolute atomic E-state index is 0.0626. The number of rotatable bonds is 1. The maximum atomic E-state index is 10.8. The van der Waals surface area contributed by atoms with Crippen LogP contribution in [0.1, 0.15) is 0 Å². The van der Waals surface area contributed by atoms with Crippen LogP contribution >= 0.6 is 26.6 Å². The molecule has 2 N–H and O–H groups in total. The van der Waals surface area contributed by atoms with Crippen LogP contribution in [0.2, 0.25) is 0 Å². The summed E-state index contributed by atoms with van der Waals surface area (Å²) in [6, 6.07) is 4.39. The van der Waals surface area contributed by atoms with E-state index in [4.69, 9.17) is 16.4 Å². The Balaban J connectivity index is 3.39. The van der Waals surface area contributed by atoms with Crippen molar-refractivity contribution in [1.29, 1.82) is 0 Å². The van der Waals surface area contributed by atoms with Crippen molar-refractivity contribution in [3.05, 3.63) is 22.7 Å². The van der Waals surface area contributed by atoms with Gasteiger partial charge in [-0.15, -0.1) is 0 Å². The van der Waals surface area contributed by atoms with Crippen LogP contribution in [-0.2, 0) is 9.05 Å². The first-order valence-corrected chi connectivity index (χ1v) is 6.01. The second kappa shape index (κ2) is 3.24. The lowest BCUT2D eigenvalue weighted by Crippen LogP contribution is -1.97. The van der Waals surface area contributed by atoms with Crippen LogP contribution < -0.4 is 5.73 Å². The van der Waals surface area contributed by atoms with Gasteiger partial charge in [-0.05, 0) is 18.2 Å². The van der Waals surface area contributed by atoms with E-state index in [2.05, 4.69) is 15.9 Å². The van der Waals surface area contributed by atoms with Gasteiger partial charge in [0.05, 0.1) is 5.69 Å². The highest BCUT2D eigenvalue weighted by Gasteiger charge is 2.13. The van der Waals surface area contributed by atoms with Crippen LogP contribution in [0.3, 0.4) is 0 Å². The number of nitrogens with two attached hydrogens (primary N) is 1. The van der Waals surface area contributed by atoms with Gasteiger partial charge in [-0.25, -0.2) is 8.42 Å². The number of nitrogen functional groups attached to an aromatic ring is 1. The average Bonchev–Trinajstić information content (AvgIpc) is 1.83. The number of benzene rings is 1. The summed E-state index contributed by atoms with van der Waals surface area (Å²) in [5.74, 6) is 0. The van der Waals surface area contributed by atoms with Crippen molar-refractivity contribution in [3.63, 3.8) is 0 Å². The van der Waals surface area contributed by atoms with Crippen molar-refractivity contribution in [3.8, 4) is 0 Å². The zero-order valence-corrected chi connectivity index (χ0v) is 8.95. The molecule has 0 aliphatic carbocycles. The van der Waals surface area contributed by atoms with Crippen molar-refractivity contribution in [2.75, 3.05) is 5.73 Å². The summed E-state index contributed by atoms with van der Waals surface area (Å²) < 4.78 is 22.4. The van der Waals surface area contributed by atoms with E-state index in [1.165, 1.54) is 12.1 Å². The first-order chi connectivity index (χ1) is 5.41. The quantitative estimate of drug-likeness (QED) is 0.627. The largest absolute Gasteiger partial charge is 0.398 e. The lowest BCUT2D eigenvalue weighted by Gasteiger charge is -2.00. The highest BCUT2D eigenvalue weighted by Crippen LogP contribution is 2.25. The Hall–Kier alpha value is -0.260. The van der Waals surface area contributed by atoms with Gasteiger partial charge in [-0.3, -0.25) is 0 Å². The molecule has 0 bridgehead atoms. The van der Waals surface area contributed by atoms with Crippen LogP contribution in [0.4, 0.5) is 5.69 Å². The van der Waals surface area contributed by atoms with E-state index in [-0.39, 0.29) is 10.6 Å². The van der Waals surface area contributed by atoms with E-state index in [9.17, 15) is 8.42 Å². The minimum Gasteiger partial charge on any atom is -0.398 e. The molecule has 1 rings (SSSR count). The Labute approximate surface area is 83.1 Å². The van der Waals surface area contributed by atoms with Gasteiger partial charge in [0, 0.05) is 15.2 Å². The lowest BCUT2D eigenvalue weighted by molar-refractivity contribution is 0.610. The molecule has 0 radical (unpaired) electrons. The van der Waals surface area contributed by atoms with Gasteiger partial charge < -0.3 is 5.73 Å². The van der Waals surface area contributed by atoms with Gasteiger partial charge in [0.15, 0.2) is 0 Å². The van der Waals surface area contributed by atoms with Crippen molar-refractivity contribution in [2.45, 2.75) is 4.90 Å². The molecular weight excluding hydrogens is 265 g/mol. The van der Waals surface area contributed by atoms with Crippen LogP contribution in [0.25, 0.3) is 0 Å². The topological polar surface area (TPSA) is 60.2 Å². The summed E-state index contributed by atoms with van der Waals surface area (Å²) in [5.41, 5.74) is 5.55. The van der Waals surface area contributed by atoms with Crippen LogP contribution in [-0.4, -0.2) is 8.42 Å². The Morgan fingerprint density at radius 3 is 2.42 bits per heavy atom. The number of hydrogen-bond acceptors (Lipinski definition) is 3. The van der Waals surface area contributed by atoms with Gasteiger partial charge in [-0.2, -0.15) is 0 Å². The van der Waals surface area contributed by atoms with Crippen LogP contribution in [0.5, 0.6) is 0 Å². The number of hydrogen-bond donors (Lipinski definition) is 1. The van der Waals surface area contributed by atoms with Crippen molar-refractivity contribution in [2.24, 2.45) is 0 Å². The second-order valence-electron chi connectivity index (χ2n) is 2.12. The highest BCUT2D eigenvalue weighted by molar-refractivity contribution is 9.10. The zero-order valence-electron chi connectivity index (χ0n) is 5.79. The normalized spacial score (nSPS) is 11.5. The monoisotopic (exact) mass is 269 g/mol. The third-order valence-corrected chi connectivity index (χ3v) is 3.12. The number of halogens is 2. The second-order valence-corrected chi connectivity index (χ2v) is 5.57. The van der Waals surface area contributed by atoms with E-state index >= 15 is 0 Å². The molecule has 3 nitrogen and oxygen atoms in total. The summed E-state index contributed by atoms with van der Waals surface area (Å²) in [6.07, 6.45) is 0. The Bertz CT molecular complexity index is 404. The SMILES string of the molecule is Nc1cc(Br)ccc1S(=O)(=O)Cl. The van der Waals surface area contributed by atoms with Crippen molar-refractivity contribution >= 4 is 41.4 Å². The van der Waals surface area contributed by atoms with E-state index in [0.29, 0.717) is 4.47 Å². The molecule has 0 saturated carbocycles. The van der Waals surface area contributed by atoms with E-state index in [0.717, 1.165) is 0 Å². The smallest absolute Gasteiger partial charge is 0.263 e. The molecule has 0 saturated heterocycles. The standard InChI is InChI=1S/C6H5BrClNO2S/c7-4-1-2-6(5(9)3-4)12(8,10)11/h1-3H,9H2. The fraction of sp³-hybridized carbons (Fsp3) is 0. The summed E-state index contributed by atoms with van der Waals surface area (Å²) in [4.78, 5) is -0.0626. The van der Waals surface area contributed by atoms with Gasteiger partial charge in [-0.1, -0.05) is 15.9 Å². The van der Waals surface area contributed by atoms with Crippen molar-refractivity contribution < 1.29 is 8.42 Å². The van der Waals surface area contributed by atoms with Gasteiger partial charge in [0.1, 0.15) is 4.90 Å². The van der Waals surface area contributed by atoms with Crippen LogP contribution in [0, 0.1) is 0 Å². The third-order valence-electron chi connectivity index (χ3n) is 1.23. The van der Waals surface area contributed by atoms with E-state index < -0.39 is 9.05 Å². The zero-order chi connectivity index (χ0) is 9.35. The maximum absolute atomic E-state index is 10.8. The lowest BCUT2D eigenvalue weighted by atomic mass is 10.3. The van der Waals surface area contributed by atoms with E-state index in [1.54, 1.807) is 6.07 Å². The molecule has 1 aromatic carbocycles. The summed E-state index contributed by atoms with van der Waals surface area (Å²) in [6.45, 7) is 0. The minimum atomic E-state index is -3.72. The van der Waals surface area contributed by atoms with Crippen molar-refractivity contribution in [1.82, 2.24) is 0 Å². The highest BCUT2D eigenvalue weighted by atomic mass is 79.9. The average molecular weight is 271 g/mol. The molecule has 1 aromatic rings. The molecule has 66 valence electrons. The third kappa shape index (κ3) is 2.12. The molecule has 12 heavy (non-hydrogen) atoms. The van der Waals surface area contributed by atoms with Crippen LogP contribution in [0.15, 0.2) is 27.6 Å². The predicted octanol–water partition coefficient (Wildman–Crippen LogP) is 1.96. The summed E-state index contributed by atoms with van der Waals surface area (Å²) in [7, 11) is 1.37. The molecule has 6 heteroatoms. The summed E-state index contributed by atoms with van der Waals surface area (Å²) >= 11 is 3.15. The molecule has 0 aliphatic rings. The molecule has 0 atom stereocenters. The first kappa shape index (κ1) is 9.83. The molecular formula is C6H5BrClNO2S. The Morgan fingerprint density at radius 2 is 2.00 bits per heavy atom. The molecule has 0 fully saturated rings. The van der Waals surface area contributed by atoms with Gasteiger partial charge >= 0.3 is 0 Å². The maximum Gasteiger partial charge on any atom is 0.263 e. The molecule has 0 unspecified atom stereocenters. The molecule has 0 aromatic heterocycles. The molecule has 0 amide bonds. The Morgan fingerprint density at radius 1 is 1.42 bits per heavy atom. The fourth-order valence-corrected chi connectivity index (χ4v) is 2.11. The Kier molecular flexibility index (Phi) is 2.65. The first-order valence-electron chi connectivity index (χ1n) is 2.91. The van der Waals surface area contributed by atoms with E-state index in [1.807, 2.05) is 0 Å².